The first-order valence-corrected chi connectivity index (χ1v) is 9.94. The Morgan fingerprint density at radius 3 is 2.31 bits per heavy atom. The molecule has 0 spiro atoms. The van der Waals surface area contributed by atoms with Gasteiger partial charge in [-0.15, -0.1) is 0 Å². The topological polar surface area (TPSA) is 99.2 Å². The third-order valence-electron chi connectivity index (χ3n) is 6.39. The van der Waals surface area contributed by atoms with Gasteiger partial charge in [-0.3, -0.25) is 9.59 Å². The van der Waals surface area contributed by atoms with Crippen LogP contribution in [-0.2, 0) is 9.59 Å². The normalized spacial score (nSPS) is 26.7. The fraction of sp³-hybridized carbons (Fsp3) is 0.850. The molecule has 26 heavy (non-hydrogen) atoms. The summed E-state index contributed by atoms with van der Waals surface area (Å²) in [6.07, 6.45) is 7.01. The number of carbonyl (C=O) groups excluding carboxylic acids is 2. The van der Waals surface area contributed by atoms with Crippen LogP contribution in [0.1, 0.15) is 72.1 Å². The van der Waals surface area contributed by atoms with E-state index in [1.807, 2.05) is 0 Å². The molecule has 2 fully saturated rings. The molecule has 0 bridgehead atoms. The number of nitrogens with one attached hydrogen (secondary N) is 1. The van der Waals surface area contributed by atoms with Crippen LogP contribution in [0, 0.1) is 22.7 Å². The molecule has 1 heterocycles. The maximum absolute atomic E-state index is 12.3. The number of likely N-dealkylation sites (tertiary alicyclic amines) is 1. The van der Waals surface area contributed by atoms with Crippen LogP contribution in [0.2, 0.25) is 0 Å². The van der Waals surface area contributed by atoms with Crippen LogP contribution < -0.4 is 11.1 Å². The molecule has 6 nitrogen and oxygen atoms in total. The van der Waals surface area contributed by atoms with Crippen molar-refractivity contribution in [2.45, 2.75) is 83.7 Å². The van der Waals surface area contributed by atoms with E-state index in [4.69, 9.17) is 5.73 Å². The van der Waals surface area contributed by atoms with E-state index in [9.17, 15) is 14.9 Å². The Hall–Kier alpha value is -1.61. The van der Waals surface area contributed by atoms with Gasteiger partial charge in [0.05, 0.1) is 6.07 Å². The van der Waals surface area contributed by atoms with Gasteiger partial charge in [-0.25, -0.2) is 0 Å². The molecular formula is C20H34N4O2. The molecule has 1 aliphatic carbocycles. The van der Waals surface area contributed by atoms with E-state index in [0.717, 1.165) is 19.0 Å². The molecule has 2 aliphatic rings. The van der Waals surface area contributed by atoms with E-state index in [2.05, 4.69) is 23.2 Å². The molecule has 1 saturated heterocycles. The molecule has 0 aromatic rings. The summed E-state index contributed by atoms with van der Waals surface area (Å²) in [6, 6.07) is 2.98. The number of nitriles is 1. The standard InChI is InChI=1S/C20H34N4O2/c1-15-4-6-16(7-5-15)24-12-10-20(14-21,11-13-24)23-17(25)8-9-19(2,3)18(22)26/h15-16H,4-13H2,1-3H3,(H2,22,26)(H,23,25). The lowest BCUT2D eigenvalue weighted by atomic mass is 9.83. The van der Waals surface area contributed by atoms with Crippen LogP contribution in [0.15, 0.2) is 0 Å². The monoisotopic (exact) mass is 362 g/mol. The predicted molar refractivity (Wildman–Crippen MR) is 101 cm³/mol. The van der Waals surface area contributed by atoms with Crippen LogP contribution in [0.5, 0.6) is 0 Å². The number of primary amides is 1. The average Bonchev–Trinajstić information content (AvgIpc) is 2.61. The first-order chi connectivity index (χ1) is 12.2. The molecule has 2 rings (SSSR count). The highest BCUT2D eigenvalue weighted by molar-refractivity contribution is 5.82. The van der Waals surface area contributed by atoms with Gasteiger partial charge < -0.3 is 16.0 Å². The molecule has 3 N–H and O–H groups in total. The Labute approximate surface area is 157 Å². The van der Waals surface area contributed by atoms with Gasteiger partial charge in [0.2, 0.25) is 11.8 Å². The summed E-state index contributed by atoms with van der Waals surface area (Å²) in [4.78, 5) is 26.2. The van der Waals surface area contributed by atoms with Crippen molar-refractivity contribution in [3.05, 3.63) is 0 Å². The van der Waals surface area contributed by atoms with Crippen LogP contribution in [0.4, 0.5) is 0 Å². The number of hydrogen-bond donors (Lipinski definition) is 2. The third-order valence-corrected chi connectivity index (χ3v) is 6.39. The molecular weight excluding hydrogens is 328 g/mol. The second-order valence-corrected chi connectivity index (χ2v) is 8.94. The Kier molecular flexibility index (Phi) is 6.68. The van der Waals surface area contributed by atoms with Gasteiger partial charge >= 0.3 is 0 Å². The largest absolute Gasteiger partial charge is 0.369 e. The van der Waals surface area contributed by atoms with E-state index in [-0.39, 0.29) is 12.3 Å². The molecule has 0 aromatic carbocycles. The summed E-state index contributed by atoms with van der Waals surface area (Å²) in [5.41, 5.74) is 3.88. The highest BCUT2D eigenvalue weighted by Crippen LogP contribution is 2.31. The molecule has 0 unspecified atom stereocenters. The van der Waals surface area contributed by atoms with E-state index in [0.29, 0.717) is 25.3 Å². The van der Waals surface area contributed by atoms with Gasteiger partial charge in [0, 0.05) is 31.0 Å². The number of hydrogen-bond acceptors (Lipinski definition) is 4. The van der Waals surface area contributed by atoms with Crippen molar-refractivity contribution < 1.29 is 9.59 Å². The number of nitrogens with two attached hydrogens (primary N) is 1. The van der Waals surface area contributed by atoms with Gasteiger partial charge in [-0.2, -0.15) is 5.26 Å². The first kappa shape index (κ1) is 20.7. The molecule has 1 saturated carbocycles. The van der Waals surface area contributed by atoms with Crippen molar-refractivity contribution in [1.82, 2.24) is 10.2 Å². The quantitative estimate of drug-likeness (QED) is 0.757. The zero-order valence-electron chi connectivity index (χ0n) is 16.5. The Balaban J connectivity index is 1.84. The molecule has 0 atom stereocenters. The summed E-state index contributed by atoms with van der Waals surface area (Å²) in [6.45, 7) is 7.53. The van der Waals surface area contributed by atoms with Gasteiger partial charge in [-0.05, 0) is 50.9 Å². The number of amides is 2. The lowest BCUT2D eigenvalue weighted by Crippen LogP contribution is -2.56. The summed E-state index contributed by atoms with van der Waals surface area (Å²) in [7, 11) is 0. The van der Waals surface area contributed by atoms with E-state index in [1.165, 1.54) is 25.7 Å². The minimum Gasteiger partial charge on any atom is -0.369 e. The van der Waals surface area contributed by atoms with Crippen molar-refractivity contribution in [3.8, 4) is 6.07 Å². The summed E-state index contributed by atoms with van der Waals surface area (Å²) in [5, 5.41) is 12.6. The van der Waals surface area contributed by atoms with Crippen LogP contribution in [0.25, 0.3) is 0 Å². The third kappa shape index (κ3) is 5.20. The first-order valence-electron chi connectivity index (χ1n) is 9.94. The van der Waals surface area contributed by atoms with Crippen molar-refractivity contribution in [1.29, 1.82) is 5.26 Å². The maximum Gasteiger partial charge on any atom is 0.223 e. The summed E-state index contributed by atoms with van der Waals surface area (Å²) in [5.74, 6) is 0.259. The molecule has 0 aromatic heterocycles. The van der Waals surface area contributed by atoms with E-state index >= 15 is 0 Å². The minimum atomic E-state index is -0.771. The lowest BCUT2D eigenvalue weighted by Gasteiger charge is -2.43. The zero-order valence-corrected chi connectivity index (χ0v) is 16.5. The molecule has 0 radical (unpaired) electrons. The Morgan fingerprint density at radius 2 is 1.81 bits per heavy atom. The van der Waals surface area contributed by atoms with Crippen molar-refractivity contribution in [2.75, 3.05) is 13.1 Å². The summed E-state index contributed by atoms with van der Waals surface area (Å²) >= 11 is 0. The van der Waals surface area contributed by atoms with Crippen LogP contribution in [-0.4, -0.2) is 41.4 Å². The molecule has 2 amide bonds. The second-order valence-electron chi connectivity index (χ2n) is 8.94. The van der Waals surface area contributed by atoms with Crippen LogP contribution in [0.3, 0.4) is 0 Å². The maximum atomic E-state index is 12.3. The van der Waals surface area contributed by atoms with Crippen molar-refractivity contribution in [3.63, 3.8) is 0 Å². The molecule has 146 valence electrons. The predicted octanol–water partition coefficient (Wildman–Crippen LogP) is 2.33. The van der Waals surface area contributed by atoms with Gasteiger partial charge in [0.15, 0.2) is 0 Å². The SMILES string of the molecule is CC1CCC(N2CCC(C#N)(NC(=O)CCC(C)(C)C(N)=O)CC2)CC1. The summed E-state index contributed by atoms with van der Waals surface area (Å²) < 4.78 is 0. The minimum absolute atomic E-state index is 0.166. The second kappa shape index (κ2) is 8.39. The van der Waals surface area contributed by atoms with Crippen molar-refractivity contribution in [2.24, 2.45) is 17.1 Å². The smallest absolute Gasteiger partial charge is 0.223 e. The number of carbonyl (C=O) groups is 2. The number of piperidine rings is 1. The molecule has 6 heteroatoms. The van der Waals surface area contributed by atoms with E-state index in [1.54, 1.807) is 13.8 Å². The fourth-order valence-electron chi connectivity index (χ4n) is 4.02. The average molecular weight is 363 g/mol. The van der Waals surface area contributed by atoms with Crippen molar-refractivity contribution >= 4 is 11.8 Å². The van der Waals surface area contributed by atoms with Gasteiger partial charge in [0.1, 0.15) is 5.54 Å². The lowest BCUT2D eigenvalue weighted by molar-refractivity contribution is -0.127. The molecule has 1 aliphatic heterocycles. The zero-order chi connectivity index (χ0) is 19.4. The van der Waals surface area contributed by atoms with Crippen LogP contribution >= 0.6 is 0 Å². The highest BCUT2D eigenvalue weighted by Gasteiger charge is 2.38. The highest BCUT2D eigenvalue weighted by atomic mass is 16.2. The Morgan fingerprint density at radius 1 is 1.23 bits per heavy atom. The Bertz CT molecular complexity index is 551. The van der Waals surface area contributed by atoms with Gasteiger partial charge in [-0.1, -0.05) is 20.8 Å². The number of nitrogens with zero attached hydrogens (tertiary/aromatic N) is 2. The van der Waals surface area contributed by atoms with Gasteiger partial charge in [0.25, 0.3) is 0 Å². The fourth-order valence-corrected chi connectivity index (χ4v) is 4.02. The van der Waals surface area contributed by atoms with E-state index < -0.39 is 16.9 Å². The number of rotatable bonds is 6.